The second kappa shape index (κ2) is 8.44. The van der Waals surface area contributed by atoms with E-state index in [0.29, 0.717) is 18.7 Å². The summed E-state index contributed by atoms with van der Waals surface area (Å²) in [5, 5.41) is 19.8. The van der Waals surface area contributed by atoms with Crippen LogP contribution >= 0.6 is 0 Å². The van der Waals surface area contributed by atoms with E-state index < -0.39 is 5.60 Å². The molecule has 0 bridgehead atoms. The van der Waals surface area contributed by atoms with Gasteiger partial charge in [0, 0.05) is 37.7 Å². The molecule has 7 nitrogen and oxygen atoms in total. The first-order valence-electron chi connectivity index (χ1n) is 8.24. The number of carbonyl (C=O) groups is 1. The van der Waals surface area contributed by atoms with Gasteiger partial charge in [-0.3, -0.25) is 15.0 Å². The summed E-state index contributed by atoms with van der Waals surface area (Å²) in [5.74, 6) is 0.485. The third-order valence-electron chi connectivity index (χ3n) is 4.16. The van der Waals surface area contributed by atoms with E-state index in [2.05, 4.69) is 20.7 Å². The smallest absolute Gasteiger partial charge is 0.320 e. The number of anilines is 1. The molecule has 2 aromatic heterocycles. The van der Waals surface area contributed by atoms with Crippen LogP contribution in [0.15, 0.2) is 36.8 Å². The van der Waals surface area contributed by atoms with Crippen molar-refractivity contribution in [2.75, 3.05) is 11.9 Å². The molecule has 0 radical (unpaired) electrons. The third-order valence-corrected chi connectivity index (χ3v) is 4.16. The minimum atomic E-state index is -0.860. The molecule has 7 heteroatoms. The van der Waals surface area contributed by atoms with Crippen LogP contribution in [-0.4, -0.2) is 38.0 Å². The average molecular weight is 331 g/mol. The predicted octanol–water partition coefficient (Wildman–Crippen LogP) is 2.19. The number of carbonyl (C=O) groups excluding carboxylic acids is 1. The van der Waals surface area contributed by atoms with E-state index >= 15 is 0 Å². The van der Waals surface area contributed by atoms with Crippen LogP contribution in [0.5, 0.6) is 0 Å². The maximum Gasteiger partial charge on any atom is 0.320 e. The van der Waals surface area contributed by atoms with Gasteiger partial charge < -0.3 is 10.4 Å². The van der Waals surface area contributed by atoms with Gasteiger partial charge in [-0.15, -0.1) is 0 Å². The minimum absolute atomic E-state index is 0.217. The molecule has 0 unspecified atom stereocenters. The van der Waals surface area contributed by atoms with Gasteiger partial charge in [-0.2, -0.15) is 5.10 Å². The van der Waals surface area contributed by atoms with Crippen molar-refractivity contribution < 1.29 is 9.90 Å². The van der Waals surface area contributed by atoms with E-state index in [1.165, 1.54) is 5.56 Å². The highest BCUT2D eigenvalue weighted by molar-refractivity contribution is 5.88. The molecule has 3 N–H and O–H groups in total. The van der Waals surface area contributed by atoms with Gasteiger partial charge in [0.1, 0.15) is 0 Å². The lowest BCUT2D eigenvalue weighted by molar-refractivity contribution is 0.0354. The van der Waals surface area contributed by atoms with Crippen molar-refractivity contribution in [3.05, 3.63) is 42.4 Å². The van der Waals surface area contributed by atoms with Crippen molar-refractivity contribution in [3.8, 4) is 0 Å². The van der Waals surface area contributed by atoms with Crippen LogP contribution in [-0.2, 0) is 13.0 Å². The van der Waals surface area contributed by atoms with Gasteiger partial charge >= 0.3 is 6.03 Å². The summed E-state index contributed by atoms with van der Waals surface area (Å²) in [7, 11) is 0. The largest absolute Gasteiger partial charge is 0.388 e. The van der Waals surface area contributed by atoms with Crippen molar-refractivity contribution in [2.24, 2.45) is 0 Å². The summed E-state index contributed by atoms with van der Waals surface area (Å²) in [5.41, 5.74) is 0.326. The van der Waals surface area contributed by atoms with Gasteiger partial charge in [0.25, 0.3) is 0 Å². The molecule has 2 heterocycles. The van der Waals surface area contributed by atoms with E-state index in [9.17, 15) is 9.90 Å². The third kappa shape index (κ3) is 5.34. The summed E-state index contributed by atoms with van der Waals surface area (Å²) in [6.45, 7) is 4.73. The number of amides is 2. The van der Waals surface area contributed by atoms with Gasteiger partial charge in [0.2, 0.25) is 0 Å². The van der Waals surface area contributed by atoms with Crippen LogP contribution in [0.4, 0.5) is 10.6 Å². The van der Waals surface area contributed by atoms with Gasteiger partial charge in [-0.25, -0.2) is 4.79 Å². The average Bonchev–Trinajstić information content (AvgIpc) is 3.06. The molecule has 0 aliphatic rings. The number of aryl methyl sites for hydroxylation is 2. The zero-order valence-corrected chi connectivity index (χ0v) is 14.2. The Bertz CT molecular complexity index is 637. The zero-order valence-electron chi connectivity index (χ0n) is 14.2. The highest BCUT2D eigenvalue weighted by Crippen LogP contribution is 2.13. The number of hydrogen-bond acceptors (Lipinski definition) is 4. The molecule has 130 valence electrons. The van der Waals surface area contributed by atoms with E-state index in [0.717, 1.165) is 13.0 Å². The molecule has 0 spiro atoms. The molecule has 0 fully saturated rings. The van der Waals surface area contributed by atoms with Crippen LogP contribution < -0.4 is 10.6 Å². The standard InChI is InChI=1S/C17H25N5O2/c1-3-17(24,4-2)13-19-16(23)20-15-8-12-22(21-15)11-7-14-5-9-18-10-6-14/h5-6,8-10,12,24H,3-4,7,11,13H2,1-2H3,(H2,19,20,21,23). The Labute approximate surface area is 142 Å². The molecule has 0 aromatic carbocycles. The maximum absolute atomic E-state index is 11.9. The summed E-state index contributed by atoms with van der Waals surface area (Å²) in [6, 6.07) is 5.32. The molecular formula is C17H25N5O2. The summed E-state index contributed by atoms with van der Waals surface area (Å²) in [6.07, 6.45) is 7.38. The number of pyridine rings is 1. The monoisotopic (exact) mass is 331 g/mol. The fourth-order valence-corrected chi connectivity index (χ4v) is 2.25. The van der Waals surface area contributed by atoms with Gasteiger partial charge in [-0.1, -0.05) is 13.8 Å². The molecular weight excluding hydrogens is 306 g/mol. The number of aromatic nitrogens is 3. The lowest BCUT2D eigenvalue weighted by atomic mass is 9.98. The van der Waals surface area contributed by atoms with Crippen molar-refractivity contribution in [1.29, 1.82) is 0 Å². The Morgan fingerprint density at radius 1 is 1.25 bits per heavy atom. The van der Waals surface area contributed by atoms with Crippen LogP contribution in [0.1, 0.15) is 32.3 Å². The van der Waals surface area contributed by atoms with Gasteiger partial charge in [0.05, 0.1) is 5.60 Å². The van der Waals surface area contributed by atoms with E-state index in [-0.39, 0.29) is 12.6 Å². The van der Waals surface area contributed by atoms with Crippen molar-refractivity contribution in [3.63, 3.8) is 0 Å². The predicted molar refractivity (Wildman–Crippen MR) is 92.7 cm³/mol. The Balaban J connectivity index is 1.79. The van der Waals surface area contributed by atoms with Crippen LogP contribution in [0.25, 0.3) is 0 Å². The van der Waals surface area contributed by atoms with Crippen molar-refractivity contribution in [1.82, 2.24) is 20.1 Å². The summed E-state index contributed by atoms with van der Waals surface area (Å²) >= 11 is 0. The lowest BCUT2D eigenvalue weighted by Crippen LogP contribution is -2.43. The van der Waals surface area contributed by atoms with Gasteiger partial charge in [-0.05, 0) is 37.0 Å². The number of rotatable bonds is 8. The van der Waals surface area contributed by atoms with Crippen LogP contribution in [0.2, 0.25) is 0 Å². The first-order valence-corrected chi connectivity index (χ1v) is 8.24. The van der Waals surface area contributed by atoms with E-state index in [1.54, 1.807) is 23.1 Å². The summed E-state index contributed by atoms with van der Waals surface area (Å²) < 4.78 is 1.78. The first kappa shape index (κ1) is 17.9. The minimum Gasteiger partial charge on any atom is -0.388 e. The molecule has 0 aliphatic heterocycles. The first-order chi connectivity index (χ1) is 11.5. The molecule has 0 aliphatic carbocycles. The van der Waals surface area contributed by atoms with Crippen LogP contribution in [0, 0.1) is 0 Å². The Kier molecular flexibility index (Phi) is 6.31. The molecule has 2 aromatic rings. The molecule has 24 heavy (non-hydrogen) atoms. The summed E-state index contributed by atoms with van der Waals surface area (Å²) in [4.78, 5) is 15.9. The fourth-order valence-electron chi connectivity index (χ4n) is 2.25. The second-order valence-electron chi connectivity index (χ2n) is 5.81. The topological polar surface area (TPSA) is 92.1 Å². The number of hydrogen-bond donors (Lipinski definition) is 3. The molecule has 2 amide bonds. The van der Waals surface area contributed by atoms with Crippen molar-refractivity contribution >= 4 is 11.8 Å². The highest BCUT2D eigenvalue weighted by Gasteiger charge is 2.22. The number of urea groups is 1. The molecule has 0 saturated carbocycles. The quantitative estimate of drug-likeness (QED) is 0.691. The molecule has 0 saturated heterocycles. The van der Waals surface area contributed by atoms with E-state index in [1.807, 2.05) is 32.2 Å². The maximum atomic E-state index is 11.9. The molecule has 0 atom stereocenters. The van der Waals surface area contributed by atoms with Crippen LogP contribution in [0.3, 0.4) is 0 Å². The lowest BCUT2D eigenvalue weighted by Gasteiger charge is -2.25. The normalized spacial score (nSPS) is 11.3. The highest BCUT2D eigenvalue weighted by atomic mass is 16.3. The fraction of sp³-hybridized carbons (Fsp3) is 0.471. The van der Waals surface area contributed by atoms with E-state index in [4.69, 9.17) is 0 Å². The number of nitrogens with zero attached hydrogens (tertiary/aromatic N) is 3. The zero-order chi connectivity index (χ0) is 17.4. The molecule has 2 rings (SSSR count). The Morgan fingerprint density at radius 3 is 2.62 bits per heavy atom. The second-order valence-corrected chi connectivity index (χ2v) is 5.81. The van der Waals surface area contributed by atoms with Crippen molar-refractivity contribution in [2.45, 2.75) is 45.3 Å². The SMILES string of the molecule is CCC(O)(CC)CNC(=O)Nc1ccn(CCc2ccncc2)n1. The van der Waals surface area contributed by atoms with Gasteiger partial charge in [0.15, 0.2) is 5.82 Å². The Morgan fingerprint density at radius 2 is 1.96 bits per heavy atom. The number of aliphatic hydroxyl groups is 1. The number of nitrogens with one attached hydrogen (secondary N) is 2. The Hall–Kier alpha value is -2.41.